The van der Waals surface area contributed by atoms with E-state index in [1.165, 1.54) is 0 Å². The summed E-state index contributed by atoms with van der Waals surface area (Å²) in [6.07, 6.45) is 0. The van der Waals surface area contributed by atoms with Gasteiger partial charge in [-0.15, -0.1) is 0 Å². The van der Waals surface area contributed by atoms with Crippen LogP contribution in [0.25, 0.3) is 0 Å². The normalized spacial score (nSPS) is 14.7. The van der Waals surface area contributed by atoms with E-state index in [1.54, 1.807) is 7.11 Å². The van der Waals surface area contributed by atoms with Gasteiger partial charge in [0.2, 0.25) is 0 Å². The molecule has 0 amide bonds. The summed E-state index contributed by atoms with van der Waals surface area (Å²) >= 11 is 0. The maximum absolute atomic E-state index is 12.5. The maximum atomic E-state index is 12.5. The van der Waals surface area contributed by atoms with Crippen molar-refractivity contribution in [2.24, 2.45) is 11.3 Å². The SMILES string of the molecule is CCOC(=O)C(C)(C)C(C)(c1ccccc1OC)C(C)C. The smallest absolute Gasteiger partial charge is 0.312 e. The summed E-state index contributed by atoms with van der Waals surface area (Å²) in [5.74, 6) is 0.881. The van der Waals surface area contributed by atoms with Gasteiger partial charge in [0.1, 0.15) is 5.75 Å². The van der Waals surface area contributed by atoms with Crippen LogP contribution in [0.15, 0.2) is 24.3 Å². The highest BCUT2D eigenvalue weighted by Gasteiger charge is 2.51. The van der Waals surface area contributed by atoms with Crippen LogP contribution < -0.4 is 4.74 Å². The van der Waals surface area contributed by atoms with Gasteiger partial charge in [-0.2, -0.15) is 0 Å². The summed E-state index contributed by atoms with van der Waals surface area (Å²) in [4.78, 5) is 12.5. The first kappa shape index (κ1) is 17.5. The van der Waals surface area contributed by atoms with Crippen LogP contribution in [0.3, 0.4) is 0 Å². The maximum Gasteiger partial charge on any atom is 0.312 e. The molecular formula is C18H28O3. The molecule has 1 aromatic carbocycles. The van der Waals surface area contributed by atoms with Crippen LogP contribution in [0.2, 0.25) is 0 Å². The summed E-state index contributed by atoms with van der Waals surface area (Å²) in [5, 5.41) is 0. The Bertz CT molecular complexity index is 491. The van der Waals surface area contributed by atoms with Gasteiger partial charge in [-0.3, -0.25) is 4.79 Å². The first-order chi connectivity index (χ1) is 9.73. The van der Waals surface area contributed by atoms with Crippen LogP contribution in [0.1, 0.15) is 47.1 Å². The number of ether oxygens (including phenoxy) is 2. The molecule has 0 aromatic heterocycles. The van der Waals surface area contributed by atoms with Crippen LogP contribution in [0, 0.1) is 11.3 Å². The molecule has 1 aromatic rings. The highest BCUT2D eigenvalue weighted by Crippen LogP contribution is 2.50. The molecule has 118 valence electrons. The number of benzene rings is 1. The second-order valence-electron chi connectivity index (χ2n) is 6.40. The van der Waals surface area contributed by atoms with E-state index in [0.717, 1.165) is 11.3 Å². The highest BCUT2D eigenvalue weighted by molar-refractivity contribution is 5.78. The van der Waals surface area contributed by atoms with Gasteiger partial charge in [0.25, 0.3) is 0 Å². The quantitative estimate of drug-likeness (QED) is 0.737. The Morgan fingerprint density at radius 2 is 1.76 bits per heavy atom. The van der Waals surface area contributed by atoms with E-state index in [4.69, 9.17) is 9.47 Å². The molecule has 3 nitrogen and oxygen atoms in total. The fourth-order valence-corrected chi connectivity index (χ4v) is 2.97. The number of hydrogen-bond acceptors (Lipinski definition) is 3. The molecule has 3 heteroatoms. The zero-order valence-electron chi connectivity index (χ0n) is 14.3. The molecule has 0 N–H and O–H groups in total. The number of methoxy groups -OCH3 is 1. The standard InChI is InChI=1S/C18H28O3/c1-8-21-16(19)17(4,5)18(6,13(2)3)14-11-9-10-12-15(14)20-7/h9-13H,8H2,1-7H3. The molecule has 0 aliphatic rings. The fraction of sp³-hybridized carbons (Fsp3) is 0.611. The third-order valence-electron chi connectivity index (χ3n) is 4.91. The molecule has 0 bridgehead atoms. The third-order valence-corrected chi connectivity index (χ3v) is 4.91. The summed E-state index contributed by atoms with van der Waals surface area (Å²) in [7, 11) is 1.66. The van der Waals surface area contributed by atoms with Gasteiger partial charge < -0.3 is 9.47 Å². The van der Waals surface area contributed by atoms with Crippen molar-refractivity contribution in [3.63, 3.8) is 0 Å². The van der Waals surface area contributed by atoms with Gasteiger partial charge >= 0.3 is 5.97 Å². The molecule has 0 spiro atoms. The summed E-state index contributed by atoms with van der Waals surface area (Å²) in [6.45, 7) is 12.5. The predicted molar refractivity (Wildman–Crippen MR) is 85.6 cm³/mol. The Labute approximate surface area is 128 Å². The average molecular weight is 292 g/mol. The van der Waals surface area contributed by atoms with Crippen molar-refractivity contribution < 1.29 is 14.3 Å². The van der Waals surface area contributed by atoms with E-state index in [1.807, 2.05) is 45.0 Å². The van der Waals surface area contributed by atoms with Gasteiger partial charge in [-0.1, -0.05) is 39.0 Å². The second-order valence-corrected chi connectivity index (χ2v) is 6.40. The number of esters is 1. The van der Waals surface area contributed by atoms with Gasteiger partial charge in [0.15, 0.2) is 0 Å². The lowest BCUT2D eigenvalue weighted by molar-refractivity contribution is -0.159. The zero-order chi connectivity index (χ0) is 16.3. The molecule has 1 atom stereocenters. The summed E-state index contributed by atoms with van der Waals surface area (Å²) in [5.41, 5.74) is -0.0157. The molecule has 1 unspecified atom stereocenters. The zero-order valence-corrected chi connectivity index (χ0v) is 14.3. The number of hydrogen-bond donors (Lipinski definition) is 0. The van der Waals surface area contributed by atoms with Crippen LogP contribution in [0.5, 0.6) is 5.75 Å². The van der Waals surface area contributed by atoms with Crippen LogP contribution in [-0.4, -0.2) is 19.7 Å². The van der Waals surface area contributed by atoms with Gasteiger partial charge in [0.05, 0.1) is 19.1 Å². The second kappa shape index (κ2) is 6.50. The fourth-order valence-electron chi connectivity index (χ4n) is 2.97. The Kier molecular flexibility index (Phi) is 5.43. The Hall–Kier alpha value is -1.51. The minimum Gasteiger partial charge on any atom is -0.496 e. The van der Waals surface area contributed by atoms with Crippen molar-refractivity contribution >= 4 is 5.97 Å². The van der Waals surface area contributed by atoms with Crippen molar-refractivity contribution in [2.75, 3.05) is 13.7 Å². The van der Waals surface area contributed by atoms with Crippen LogP contribution >= 0.6 is 0 Å². The molecule has 0 fully saturated rings. The van der Waals surface area contributed by atoms with Crippen molar-refractivity contribution in [3.8, 4) is 5.75 Å². The van der Waals surface area contributed by atoms with E-state index in [0.29, 0.717) is 6.61 Å². The number of carbonyl (C=O) groups excluding carboxylic acids is 1. The summed E-state index contributed by atoms with van der Waals surface area (Å²) in [6, 6.07) is 7.91. The first-order valence-corrected chi connectivity index (χ1v) is 7.54. The molecular weight excluding hydrogens is 264 g/mol. The van der Waals surface area contributed by atoms with Crippen molar-refractivity contribution in [3.05, 3.63) is 29.8 Å². The lowest BCUT2D eigenvalue weighted by Crippen LogP contribution is -2.49. The van der Waals surface area contributed by atoms with Crippen molar-refractivity contribution in [1.82, 2.24) is 0 Å². The van der Waals surface area contributed by atoms with E-state index in [9.17, 15) is 4.79 Å². The lowest BCUT2D eigenvalue weighted by atomic mass is 9.57. The summed E-state index contributed by atoms with van der Waals surface area (Å²) < 4.78 is 10.8. The van der Waals surface area contributed by atoms with Gasteiger partial charge in [0, 0.05) is 11.0 Å². The van der Waals surface area contributed by atoms with Gasteiger partial charge in [-0.05, 0) is 32.8 Å². The van der Waals surface area contributed by atoms with Crippen LogP contribution in [0.4, 0.5) is 0 Å². The average Bonchev–Trinajstić information content (AvgIpc) is 2.46. The van der Waals surface area contributed by atoms with Gasteiger partial charge in [-0.25, -0.2) is 0 Å². The van der Waals surface area contributed by atoms with E-state index >= 15 is 0 Å². The molecule has 0 radical (unpaired) electrons. The molecule has 21 heavy (non-hydrogen) atoms. The number of carbonyl (C=O) groups is 1. The van der Waals surface area contributed by atoms with E-state index < -0.39 is 10.8 Å². The van der Waals surface area contributed by atoms with Crippen molar-refractivity contribution in [2.45, 2.75) is 47.0 Å². The number of rotatable bonds is 6. The predicted octanol–water partition coefficient (Wildman–Crippen LogP) is 4.20. The topological polar surface area (TPSA) is 35.5 Å². The third kappa shape index (κ3) is 2.92. The molecule has 1 rings (SSSR count). The molecule has 0 saturated carbocycles. The van der Waals surface area contributed by atoms with E-state index in [2.05, 4.69) is 20.8 Å². The molecule has 0 saturated heterocycles. The monoisotopic (exact) mass is 292 g/mol. The largest absolute Gasteiger partial charge is 0.496 e. The van der Waals surface area contributed by atoms with Crippen LogP contribution in [-0.2, 0) is 14.9 Å². The Morgan fingerprint density at radius 1 is 1.19 bits per heavy atom. The molecule has 0 aliphatic carbocycles. The molecule has 0 aliphatic heterocycles. The van der Waals surface area contributed by atoms with Crippen molar-refractivity contribution in [1.29, 1.82) is 0 Å². The first-order valence-electron chi connectivity index (χ1n) is 7.54. The Morgan fingerprint density at radius 3 is 2.24 bits per heavy atom. The molecule has 0 heterocycles. The lowest BCUT2D eigenvalue weighted by Gasteiger charge is -2.46. The highest BCUT2D eigenvalue weighted by atomic mass is 16.5. The van der Waals surface area contributed by atoms with E-state index in [-0.39, 0.29) is 11.9 Å². The minimum atomic E-state index is -0.661. The Balaban J connectivity index is 3.48. The number of para-hydroxylation sites is 1. The minimum absolute atomic E-state index is 0.174.